The summed E-state index contributed by atoms with van der Waals surface area (Å²) in [5.74, 6) is -0.00781. The fraction of sp³-hybridized carbons (Fsp3) is 0.0769. The number of anilines is 2. The minimum Gasteiger partial charge on any atom is -0.398 e. The van der Waals surface area contributed by atoms with E-state index in [0.717, 1.165) is 33.6 Å². The van der Waals surface area contributed by atoms with Crippen LogP contribution in [0.4, 0.5) is 11.4 Å². The van der Waals surface area contributed by atoms with Crippen molar-refractivity contribution in [3.63, 3.8) is 0 Å². The first-order chi connectivity index (χ1) is 20.0. The molecule has 4 N–H and O–H groups in total. The first-order valence-electron chi connectivity index (χ1n) is 14.1. The van der Waals surface area contributed by atoms with E-state index in [1.807, 2.05) is 18.2 Å². The number of nitrogens with two attached hydrogens (primary N) is 2. The summed E-state index contributed by atoms with van der Waals surface area (Å²) in [4.78, 5) is 0. The van der Waals surface area contributed by atoms with Crippen molar-refractivity contribution in [1.82, 2.24) is 0 Å². The summed E-state index contributed by atoms with van der Waals surface area (Å²) in [5.41, 5.74) is 27.5. The normalized spacial score (nSPS) is 11.1. The molecule has 0 saturated carbocycles. The van der Waals surface area contributed by atoms with Gasteiger partial charge in [-0.3, -0.25) is 0 Å². The molecule has 0 fully saturated rings. The molecule has 0 saturated heterocycles. The molecule has 200 valence electrons. The van der Waals surface area contributed by atoms with Gasteiger partial charge in [0.05, 0.1) is 0 Å². The van der Waals surface area contributed by atoms with E-state index >= 15 is 0 Å². The lowest BCUT2D eigenvalue weighted by Gasteiger charge is -2.23. The lowest BCUT2D eigenvalue weighted by atomic mass is 9.81. The zero-order valence-electron chi connectivity index (χ0n) is 23.5. The van der Waals surface area contributed by atoms with Gasteiger partial charge in [0, 0.05) is 28.4 Å². The Morgan fingerprint density at radius 1 is 0.390 bits per heavy atom. The molecule has 0 atom stereocenters. The first kappa shape index (κ1) is 26.2. The molecule has 0 aromatic heterocycles. The van der Waals surface area contributed by atoms with Crippen molar-refractivity contribution >= 4 is 11.4 Å². The van der Waals surface area contributed by atoms with Crippen LogP contribution in [0.25, 0.3) is 33.4 Å². The third-order valence-corrected chi connectivity index (χ3v) is 8.04. The fourth-order valence-electron chi connectivity index (χ4n) is 5.80. The summed E-state index contributed by atoms with van der Waals surface area (Å²) >= 11 is 0. The molecule has 0 spiro atoms. The zero-order chi connectivity index (χ0) is 28.3. The summed E-state index contributed by atoms with van der Waals surface area (Å²) in [6.07, 6.45) is 0. The van der Waals surface area contributed by atoms with Crippen molar-refractivity contribution < 1.29 is 0 Å². The number of aryl methyl sites for hydroxylation is 2. The van der Waals surface area contributed by atoms with Crippen LogP contribution in [-0.2, 0) is 0 Å². The molecule has 0 unspecified atom stereocenters. The summed E-state index contributed by atoms with van der Waals surface area (Å²) in [7, 11) is 0. The van der Waals surface area contributed by atoms with Crippen molar-refractivity contribution in [1.29, 1.82) is 0 Å². The van der Waals surface area contributed by atoms with Crippen molar-refractivity contribution in [3.05, 3.63) is 167 Å². The molecular formula is C39H34N2. The van der Waals surface area contributed by atoms with Gasteiger partial charge in [-0.25, -0.2) is 0 Å². The quantitative estimate of drug-likeness (QED) is 0.166. The van der Waals surface area contributed by atoms with Crippen molar-refractivity contribution in [2.24, 2.45) is 0 Å². The van der Waals surface area contributed by atoms with E-state index in [1.54, 1.807) is 0 Å². The smallest absolute Gasteiger partial charge is 0.0394 e. The number of nitrogen functional groups attached to an aromatic ring is 2. The summed E-state index contributed by atoms with van der Waals surface area (Å²) in [6, 6.07) is 49.2. The summed E-state index contributed by atoms with van der Waals surface area (Å²) in [5, 5.41) is 0. The van der Waals surface area contributed by atoms with Crippen LogP contribution < -0.4 is 11.5 Å². The Bertz CT molecular complexity index is 1720. The van der Waals surface area contributed by atoms with Crippen LogP contribution in [0.15, 0.2) is 140 Å². The van der Waals surface area contributed by atoms with Crippen molar-refractivity contribution in [3.8, 4) is 33.4 Å². The molecule has 2 nitrogen and oxygen atoms in total. The van der Waals surface area contributed by atoms with Crippen LogP contribution in [0.3, 0.4) is 0 Å². The lowest BCUT2D eigenvalue weighted by Crippen LogP contribution is -2.06. The van der Waals surface area contributed by atoms with E-state index in [9.17, 15) is 0 Å². The lowest BCUT2D eigenvalue weighted by molar-refractivity contribution is 0.979. The minimum absolute atomic E-state index is 0.00781. The topological polar surface area (TPSA) is 52.0 Å². The molecule has 2 heteroatoms. The molecule has 6 aromatic carbocycles. The van der Waals surface area contributed by atoms with Gasteiger partial charge in [0.1, 0.15) is 0 Å². The van der Waals surface area contributed by atoms with Gasteiger partial charge in [0.25, 0.3) is 0 Å². The molecule has 0 heterocycles. The Morgan fingerprint density at radius 3 is 1.29 bits per heavy atom. The average molecular weight is 531 g/mol. The zero-order valence-corrected chi connectivity index (χ0v) is 23.5. The van der Waals surface area contributed by atoms with Crippen LogP contribution in [-0.4, -0.2) is 0 Å². The minimum atomic E-state index is -0.00781. The average Bonchev–Trinajstić information content (AvgIpc) is 3.00. The molecule has 0 aliphatic rings. The van der Waals surface area contributed by atoms with Gasteiger partial charge in [-0.2, -0.15) is 0 Å². The number of hydrogen-bond donors (Lipinski definition) is 2. The fourth-order valence-corrected chi connectivity index (χ4v) is 5.80. The maximum atomic E-state index is 6.57. The van der Waals surface area contributed by atoms with Gasteiger partial charge in [-0.15, -0.1) is 0 Å². The second-order valence-electron chi connectivity index (χ2n) is 10.7. The molecule has 6 aromatic rings. The molecule has 6 rings (SSSR count). The molecule has 0 bridgehead atoms. The third-order valence-electron chi connectivity index (χ3n) is 8.04. The Labute approximate surface area is 242 Å². The highest BCUT2D eigenvalue weighted by atomic mass is 14.6. The van der Waals surface area contributed by atoms with Crippen LogP contribution in [0.1, 0.15) is 33.7 Å². The number of rotatable bonds is 6. The van der Waals surface area contributed by atoms with Gasteiger partial charge in [0.2, 0.25) is 0 Å². The second-order valence-corrected chi connectivity index (χ2v) is 10.7. The Balaban J connectivity index is 1.53. The van der Waals surface area contributed by atoms with E-state index < -0.39 is 0 Å². The standard InChI is InChI=1S/C39H34N2/c1-26-10-6-8-14-33(26)35-24-31(20-22-37(35)40)39(30-18-16-29(17-19-30)28-12-4-3-5-13-28)32-21-23-38(41)36(25-32)34-15-9-7-11-27(34)2/h3-25,39H,40-41H2,1-2H3. The van der Waals surface area contributed by atoms with Gasteiger partial charge in [0.15, 0.2) is 0 Å². The van der Waals surface area contributed by atoms with Crippen LogP contribution in [0, 0.1) is 13.8 Å². The molecule has 0 aliphatic carbocycles. The first-order valence-corrected chi connectivity index (χ1v) is 14.1. The number of benzene rings is 6. The SMILES string of the molecule is Cc1ccccc1-c1cc(C(c2ccc(-c3ccccc3)cc2)c2ccc(N)c(-c3ccccc3C)c2)ccc1N. The summed E-state index contributed by atoms with van der Waals surface area (Å²) in [6.45, 7) is 4.27. The maximum absolute atomic E-state index is 6.57. The molecule has 0 aliphatic heterocycles. The predicted octanol–water partition coefficient (Wildman–Crippen LogP) is 9.65. The Morgan fingerprint density at radius 2 is 0.805 bits per heavy atom. The molecule has 0 amide bonds. The highest BCUT2D eigenvalue weighted by molar-refractivity contribution is 5.81. The van der Waals surface area contributed by atoms with Crippen LogP contribution in [0.5, 0.6) is 0 Å². The Hall–Kier alpha value is -5.08. The van der Waals surface area contributed by atoms with E-state index in [4.69, 9.17) is 11.5 Å². The third kappa shape index (κ3) is 5.25. The monoisotopic (exact) mass is 530 g/mol. The molecular weight excluding hydrogens is 496 g/mol. The Kier molecular flexibility index (Phi) is 7.14. The largest absolute Gasteiger partial charge is 0.398 e. The second kappa shape index (κ2) is 11.2. The predicted molar refractivity (Wildman–Crippen MR) is 175 cm³/mol. The van der Waals surface area contributed by atoms with Gasteiger partial charge < -0.3 is 11.5 Å². The molecule has 41 heavy (non-hydrogen) atoms. The van der Waals surface area contributed by atoms with E-state index in [-0.39, 0.29) is 5.92 Å². The van der Waals surface area contributed by atoms with E-state index in [0.29, 0.717) is 0 Å². The van der Waals surface area contributed by atoms with Gasteiger partial charge >= 0.3 is 0 Å². The van der Waals surface area contributed by atoms with Crippen molar-refractivity contribution in [2.75, 3.05) is 11.5 Å². The maximum Gasteiger partial charge on any atom is 0.0394 e. The highest BCUT2D eigenvalue weighted by Gasteiger charge is 2.21. The highest BCUT2D eigenvalue weighted by Crippen LogP contribution is 2.40. The molecule has 0 radical (unpaired) electrons. The van der Waals surface area contributed by atoms with E-state index in [2.05, 4.69) is 135 Å². The number of hydrogen-bond acceptors (Lipinski definition) is 2. The van der Waals surface area contributed by atoms with Gasteiger partial charge in [-0.05, 0) is 88.2 Å². The summed E-state index contributed by atoms with van der Waals surface area (Å²) < 4.78 is 0. The van der Waals surface area contributed by atoms with E-state index in [1.165, 1.54) is 38.9 Å². The van der Waals surface area contributed by atoms with Crippen LogP contribution in [0.2, 0.25) is 0 Å². The van der Waals surface area contributed by atoms with Crippen molar-refractivity contribution in [2.45, 2.75) is 19.8 Å². The van der Waals surface area contributed by atoms with Crippen LogP contribution >= 0.6 is 0 Å². The van der Waals surface area contributed by atoms with Gasteiger partial charge in [-0.1, -0.05) is 115 Å².